The zero-order chi connectivity index (χ0) is 39.9. The summed E-state index contributed by atoms with van der Waals surface area (Å²) in [5.41, 5.74) is 19.6. The van der Waals surface area contributed by atoms with E-state index >= 15 is 0 Å². The van der Waals surface area contributed by atoms with Crippen LogP contribution in [-0.4, -0.2) is 8.75 Å². The summed E-state index contributed by atoms with van der Waals surface area (Å²) in [5.74, 6) is 3.53. The van der Waals surface area contributed by atoms with Crippen molar-refractivity contribution in [2.45, 2.75) is 10.8 Å². The van der Waals surface area contributed by atoms with Crippen LogP contribution in [-0.2, 0) is 10.8 Å². The maximum atomic E-state index is 6.66. The fourth-order valence-corrected chi connectivity index (χ4v) is 12.0. The smallest absolute Gasteiger partial charge is 0.132 e. The van der Waals surface area contributed by atoms with Crippen molar-refractivity contribution in [3.05, 3.63) is 239 Å². The molecule has 61 heavy (non-hydrogen) atoms. The quantitative estimate of drug-likeness (QED) is 0.175. The summed E-state index contributed by atoms with van der Waals surface area (Å²) in [5, 5.41) is 0. The molecule has 0 radical (unpaired) electrons. The SMILES string of the molecule is c1ccc2c(c1)Oc1ccccc1C21c2ccccc2-c2ccc(-c3ccc4nsnc4c3-c3ccc4c(c3)C3(c5ccccc5Oc5ccccc53)c3ccccc3-4)cc21. The third-order valence-electron chi connectivity index (χ3n) is 13.7. The van der Waals surface area contributed by atoms with E-state index in [0.29, 0.717) is 0 Å². The maximum Gasteiger partial charge on any atom is 0.132 e. The number of para-hydroxylation sites is 4. The number of benzene rings is 9. The fraction of sp³-hybridized carbons (Fsp3) is 0.0357. The summed E-state index contributed by atoms with van der Waals surface area (Å²) in [4.78, 5) is 0. The number of aromatic nitrogens is 2. The highest BCUT2D eigenvalue weighted by Crippen LogP contribution is 2.64. The van der Waals surface area contributed by atoms with E-state index < -0.39 is 10.8 Å². The van der Waals surface area contributed by atoms with Gasteiger partial charge in [0.2, 0.25) is 0 Å². The molecule has 0 saturated heterocycles. The second-order valence-electron chi connectivity index (χ2n) is 16.4. The molecule has 4 aliphatic rings. The second-order valence-corrected chi connectivity index (χ2v) is 16.9. The van der Waals surface area contributed by atoms with E-state index in [2.05, 4.69) is 194 Å². The molecule has 0 saturated carbocycles. The van der Waals surface area contributed by atoms with Crippen LogP contribution in [0.4, 0.5) is 0 Å². The van der Waals surface area contributed by atoms with Crippen molar-refractivity contribution in [1.29, 1.82) is 0 Å². The minimum absolute atomic E-state index is 0.574. The van der Waals surface area contributed by atoms with Gasteiger partial charge in [-0.3, -0.25) is 0 Å². The standard InChI is InChI=1S/C56H32N2O2S/c1-3-15-40-36(13-1)38-27-25-33(31-46(38)55(40)42-17-5-9-21-49(42)59-50-22-10-6-18-43(50)55)35-29-30-48-54(58-61-57-48)53(35)34-26-28-39-37-14-2-4-16-41(37)56(47(39)32-34)44-19-7-11-23-51(44)60-52-24-12-8-20-45(52)56/h1-32H. The van der Waals surface area contributed by atoms with Crippen LogP contribution in [0, 0.1) is 0 Å². The van der Waals surface area contributed by atoms with Crippen molar-refractivity contribution in [2.75, 3.05) is 0 Å². The van der Waals surface area contributed by atoms with Gasteiger partial charge in [-0.1, -0.05) is 152 Å². The number of ether oxygens (including phenoxy) is 2. The van der Waals surface area contributed by atoms with E-state index in [-0.39, 0.29) is 0 Å². The van der Waals surface area contributed by atoms with Crippen LogP contribution in [0.5, 0.6) is 23.0 Å². The molecule has 0 unspecified atom stereocenters. The van der Waals surface area contributed by atoms with Crippen LogP contribution in [0.3, 0.4) is 0 Å². The lowest BCUT2D eigenvalue weighted by Gasteiger charge is -2.39. The van der Waals surface area contributed by atoms with Gasteiger partial charge < -0.3 is 9.47 Å². The van der Waals surface area contributed by atoms with E-state index in [1.807, 2.05) is 0 Å². The zero-order valence-electron chi connectivity index (χ0n) is 32.6. The lowest BCUT2D eigenvalue weighted by molar-refractivity contribution is 0.436. The molecule has 10 aromatic rings. The molecule has 5 heteroatoms. The molecule has 2 aliphatic heterocycles. The average Bonchev–Trinajstić information content (AvgIpc) is 4.00. The molecule has 9 aromatic carbocycles. The lowest BCUT2D eigenvalue weighted by Crippen LogP contribution is -2.32. The topological polar surface area (TPSA) is 44.2 Å². The summed E-state index contributed by atoms with van der Waals surface area (Å²) in [6, 6.07) is 70.5. The van der Waals surface area contributed by atoms with Crippen molar-refractivity contribution in [1.82, 2.24) is 8.75 Å². The molecule has 284 valence electrons. The Labute approximate surface area is 356 Å². The molecule has 1 aromatic heterocycles. The summed E-state index contributed by atoms with van der Waals surface area (Å²) < 4.78 is 23.1. The average molecular weight is 797 g/mol. The Hall–Kier alpha value is -7.60. The second kappa shape index (κ2) is 12.0. The van der Waals surface area contributed by atoms with Gasteiger partial charge in [-0.15, -0.1) is 0 Å². The van der Waals surface area contributed by atoms with Gasteiger partial charge in [0.25, 0.3) is 0 Å². The Bertz CT molecular complexity index is 3440. The van der Waals surface area contributed by atoms with Gasteiger partial charge in [0, 0.05) is 27.8 Å². The molecule has 3 heterocycles. The van der Waals surface area contributed by atoms with Gasteiger partial charge >= 0.3 is 0 Å². The van der Waals surface area contributed by atoms with Gasteiger partial charge in [0.15, 0.2) is 0 Å². The Kier molecular flexibility index (Phi) is 6.54. The first-order chi connectivity index (χ1) is 30.2. The Morgan fingerprint density at radius 2 is 0.721 bits per heavy atom. The number of rotatable bonds is 2. The molecule has 4 nitrogen and oxygen atoms in total. The van der Waals surface area contributed by atoms with Crippen LogP contribution < -0.4 is 9.47 Å². The number of hydrogen-bond acceptors (Lipinski definition) is 5. The van der Waals surface area contributed by atoms with Gasteiger partial charge in [-0.2, -0.15) is 8.75 Å². The van der Waals surface area contributed by atoms with Crippen molar-refractivity contribution < 1.29 is 9.47 Å². The first kappa shape index (κ1) is 33.3. The predicted octanol–water partition coefficient (Wildman–Crippen LogP) is 14.0. The molecule has 2 aliphatic carbocycles. The van der Waals surface area contributed by atoms with Gasteiger partial charge in [-0.05, 0) is 104 Å². The van der Waals surface area contributed by atoms with Gasteiger partial charge in [0.1, 0.15) is 34.0 Å². The van der Waals surface area contributed by atoms with Crippen LogP contribution in [0.25, 0.3) is 55.5 Å². The minimum atomic E-state index is -0.586. The van der Waals surface area contributed by atoms with Crippen LogP contribution >= 0.6 is 11.7 Å². The number of hydrogen-bond donors (Lipinski definition) is 0. The van der Waals surface area contributed by atoms with Gasteiger partial charge in [0.05, 0.1) is 22.6 Å². The molecule has 0 atom stereocenters. The summed E-state index contributed by atoms with van der Waals surface area (Å²) >= 11 is 1.27. The van der Waals surface area contributed by atoms with E-state index in [4.69, 9.17) is 18.2 Å². The predicted molar refractivity (Wildman–Crippen MR) is 243 cm³/mol. The normalized spacial score (nSPS) is 14.8. The van der Waals surface area contributed by atoms with E-state index in [1.54, 1.807) is 0 Å². The van der Waals surface area contributed by atoms with Crippen LogP contribution in [0.2, 0.25) is 0 Å². The maximum absolute atomic E-state index is 6.66. The van der Waals surface area contributed by atoms with Crippen molar-refractivity contribution in [3.8, 4) is 67.5 Å². The molecule has 0 bridgehead atoms. The van der Waals surface area contributed by atoms with E-state index in [0.717, 1.165) is 78.5 Å². The highest BCUT2D eigenvalue weighted by atomic mass is 32.1. The third kappa shape index (κ3) is 4.14. The molecule has 0 fully saturated rings. The monoisotopic (exact) mass is 796 g/mol. The first-order valence-corrected chi connectivity index (χ1v) is 21.5. The molecule has 0 N–H and O–H groups in total. The Morgan fingerprint density at radius 1 is 0.328 bits per heavy atom. The molecular formula is C56H32N2O2S. The molecule has 2 spiro atoms. The Balaban J connectivity index is 1.04. The van der Waals surface area contributed by atoms with Crippen molar-refractivity contribution >= 4 is 22.8 Å². The highest BCUT2D eigenvalue weighted by molar-refractivity contribution is 7.00. The van der Waals surface area contributed by atoms with Crippen molar-refractivity contribution in [2.24, 2.45) is 0 Å². The number of fused-ring (bicyclic) bond motifs is 19. The summed E-state index contributed by atoms with van der Waals surface area (Å²) in [6.45, 7) is 0. The van der Waals surface area contributed by atoms with Gasteiger partial charge in [-0.25, -0.2) is 0 Å². The lowest BCUT2D eigenvalue weighted by atomic mass is 9.65. The molecular weight excluding hydrogens is 765 g/mol. The first-order valence-electron chi connectivity index (χ1n) is 20.7. The van der Waals surface area contributed by atoms with Crippen molar-refractivity contribution in [3.63, 3.8) is 0 Å². The molecule has 0 amide bonds. The van der Waals surface area contributed by atoms with E-state index in [1.165, 1.54) is 56.2 Å². The Morgan fingerprint density at radius 3 is 1.23 bits per heavy atom. The minimum Gasteiger partial charge on any atom is -0.457 e. The summed E-state index contributed by atoms with van der Waals surface area (Å²) in [6.07, 6.45) is 0. The summed E-state index contributed by atoms with van der Waals surface area (Å²) in [7, 11) is 0. The van der Waals surface area contributed by atoms with Crippen LogP contribution in [0.1, 0.15) is 44.5 Å². The highest BCUT2D eigenvalue weighted by Gasteiger charge is 2.52. The fourth-order valence-electron chi connectivity index (χ4n) is 11.4. The molecule has 14 rings (SSSR count). The van der Waals surface area contributed by atoms with E-state index in [9.17, 15) is 0 Å². The third-order valence-corrected chi connectivity index (χ3v) is 14.3. The number of nitrogens with zero attached hydrogens (tertiary/aromatic N) is 2. The zero-order valence-corrected chi connectivity index (χ0v) is 33.4. The largest absolute Gasteiger partial charge is 0.457 e. The van der Waals surface area contributed by atoms with Crippen LogP contribution in [0.15, 0.2) is 194 Å².